The molecule has 19 heavy (non-hydrogen) atoms. The summed E-state index contributed by atoms with van der Waals surface area (Å²) in [5.74, 6) is -0.197. The predicted molar refractivity (Wildman–Crippen MR) is 75.8 cm³/mol. The second kappa shape index (κ2) is 7.04. The van der Waals surface area contributed by atoms with Crippen molar-refractivity contribution in [2.24, 2.45) is 0 Å². The number of rotatable bonds is 6. The second-order valence-electron chi connectivity index (χ2n) is 4.32. The Hall–Kier alpha value is -1.68. The lowest BCUT2D eigenvalue weighted by molar-refractivity contribution is -0.121. The lowest BCUT2D eigenvalue weighted by Crippen LogP contribution is -2.26. The first-order valence-corrected chi connectivity index (χ1v) is 7.21. The number of aryl methyl sites for hydroxylation is 1. The summed E-state index contributed by atoms with van der Waals surface area (Å²) in [6, 6.07) is 8.67. The van der Waals surface area contributed by atoms with Gasteiger partial charge in [-0.1, -0.05) is 18.2 Å². The highest BCUT2D eigenvalue weighted by atomic mass is 32.1. The minimum Gasteiger partial charge on any atom is -0.356 e. The molecule has 100 valence electrons. The van der Waals surface area contributed by atoms with Crippen LogP contribution >= 0.6 is 11.3 Å². The van der Waals surface area contributed by atoms with Gasteiger partial charge in [-0.3, -0.25) is 4.79 Å². The quantitative estimate of drug-likeness (QED) is 0.863. The molecule has 2 aromatic rings. The number of nitrogens with one attached hydrogen (secondary N) is 1. The Kier molecular flexibility index (Phi) is 5.10. The van der Waals surface area contributed by atoms with Gasteiger partial charge in [-0.15, -0.1) is 0 Å². The Morgan fingerprint density at radius 2 is 2.05 bits per heavy atom. The number of thiophene rings is 1. The standard InChI is InChI=1S/C15H16FNOS/c16-14-4-2-1-3-13(14)7-9-17-15(18)6-5-12-8-10-19-11-12/h1-4,8,10-11H,5-7,9H2,(H,17,18). The molecular formula is C15H16FNOS. The summed E-state index contributed by atoms with van der Waals surface area (Å²) in [7, 11) is 0. The van der Waals surface area contributed by atoms with E-state index in [1.807, 2.05) is 16.8 Å². The summed E-state index contributed by atoms with van der Waals surface area (Å²) in [5.41, 5.74) is 1.83. The lowest BCUT2D eigenvalue weighted by atomic mass is 10.1. The van der Waals surface area contributed by atoms with Crippen LogP contribution < -0.4 is 5.32 Å². The molecule has 2 nitrogen and oxygen atoms in total. The fourth-order valence-electron chi connectivity index (χ4n) is 1.82. The van der Waals surface area contributed by atoms with Crippen molar-refractivity contribution in [1.82, 2.24) is 5.32 Å². The van der Waals surface area contributed by atoms with Crippen LogP contribution in [0.4, 0.5) is 4.39 Å². The Morgan fingerprint density at radius 3 is 2.79 bits per heavy atom. The number of hydrogen-bond acceptors (Lipinski definition) is 2. The molecule has 1 aromatic heterocycles. The average molecular weight is 277 g/mol. The summed E-state index contributed by atoms with van der Waals surface area (Å²) >= 11 is 1.63. The van der Waals surface area contributed by atoms with E-state index >= 15 is 0 Å². The van der Waals surface area contributed by atoms with Crippen molar-refractivity contribution in [2.45, 2.75) is 19.3 Å². The number of benzene rings is 1. The van der Waals surface area contributed by atoms with Crippen LogP contribution in [0.15, 0.2) is 41.1 Å². The molecule has 4 heteroatoms. The monoisotopic (exact) mass is 277 g/mol. The third-order valence-corrected chi connectivity index (χ3v) is 3.63. The summed E-state index contributed by atoms with van der Waals surface area (Å²) in [6.45, 7) is 0.476. The molecule has 1 aromatic carbocycles. The van der Waals surface area contributed by atoms with Crippen LogP contribution in [0.3, 0.4) is 0 Å². The summed E-state index contributed by atoms with van der Waals surface area (Å²) in [6.07, 6.45) is 1.76. The van der Waals surface area contributed by atoms with E-state index in [2.05, 4.69) is 5.32 Å². The van der Waals surface area contributed by atoms with Crippen LogP contribution in [-0.2, 0) is 17.6 Å². The maximum Gasteiger partial charge on any atom is 0.220 e. The molecule has 0 radical (unpaired) electrons. The van der Waals surface area contributed by atoms with E-state index in [0.29, 0.717) is 24.9 Å². The largest absolute Gasteiger partial charge is 0.356 e. The maximum atomic E-state index is 13.3. The zero-order valence-corrected chi connectivity index (χ0v) is 11.4. The van der Waals surface area contributed by atoms with E-state index in [1.165, 1.54) is 11.6 Å². The SMILES string of the molecule is O=C(CCc1ccsc1)NCCc1ccccc1F. The van der Waals surface area contributed by atoms with Crippen LogP contribution in [-0.4, -0.2) is 12.5 Å². The zero-order valence-electron chi connectivity index (χ0n) is 10.6. The van der Waals surface area contributed by atoms with Crippen molar-refractivity contribution in [1.29, 1.82) is 0 Å². The summed E-state index contributed by atoms with van der Waals surface area (Å²) in [5, 5.41) is 6.87. The molecule has 0 aliphatic carbocycles. The second-order valence-corrected chi connectivity index (χ2v) is 5.10. The highest BCUT2D eigenvalue weighted by molar-refractivity contribution is 7.07. The summed E-state index contributed by atoms with van der Waals surface area (Å²) < 4.78 is 13.3. The molecule has 0 spiro atoms. The van der Waals surface area contributed by atoms with E-state index in [-0.39, 0.29) is 11.7 Å². The molecule has 0 unspecified atom stereocenters. The molecule has 2 rings (SSSR count). The maximum absolute atomic E-state index is 13.3. The first-order chi connectivity index (χ1) is 9.25. The van der Waals surface area contributed by atoms with E-state index in [9.17, 15) is 9.18 Å². The third-order valence-electron chi connectivity index (χ3n) is 2.90. The van der Waals surface area contributed by atoms with E-state index < -0.39 is 0 Å². The number of carbonyl (C=O) groups is 1. The predicted octanol–water partition coefficient (Wildman–Crippen LogP) is 3.18. The van der Waals surface area contributed by atoms with Gasteiger partial charge in [0, 0.05) is 13.0 Å². The number of amides is 1. The number of carbonyl (C=O) groups excluding carboxylic acids is 1. The van der Waals surface area contributed by atoms with Gasteiger partial charge in [-0.25, -0.2) is 4.39 Å². The van der Waals surface area contributed by atoms with Crippen LogP contribution in [0, 0.1) is 5.82 Å². The van der Waals surface area contributed by atoms with Gasteiger partial charge in [0.05, 0.1) is 0 Å². The topological polar surface area (TPSA) is 29.1 Å². The normalized spacial score (nSPS) is 10.4. The molecule has 0 atom stereocenters. The van der Waals surface area contributed by atoms with E-state index in [1.54, 1.807) is 29.5 Å². The fourth-order valence-corrected chi connectivity index (χ4v) is 2.52. The lowest BCUT2D eigenvalue weighted by Gasteiger charge is -2.05. The fraction of sp³-hybridized carbons (Fsp3) is 0.267. The minimum absolute atomic E-state index is 0.0162. The van der Waals surface area contributed by atoms with Crippen molar-refractivity contribution >= 4 is 17.2 Å². The Balaban J connectivity index is 1.68. The number of halogens is 1. The zero-order chi connectivity index (χ0) is 13.5. The third kappa shape index (κ3) is 4.48. The van der Waals surface area contributed by atoms with Crippen molar-refractivity contribution < 1.29 is 9.18 Å². The van der Waals surface area contributed by atoms with Gasteiger partial charge in [0.15, 0.2) is 0 Å². The van der Waals surface area contributed by atoms with Gasteiger partial charge in [0.25, 0.3) is 0 Å². The molecule has 0 bridgehead atoms. The molecular weight excluding hydrogens is 261 g/mol. The van der Waals surface area contributed by atoms with Gasteiger partial charge >= 0.3 is 0 Å². The van der Waals surface area contributed by atoms with Crippen molar-refractivity contribution in [3.05, 3.63) is 58.0 Å². The molecule has 0 aliphatic heterocycles. The number of hydrogen-bond donors (Lipinski definition) is 1. The highest BCUT2D eigenvalue weighted by Crippen LogP contribution is 2.08. The van der Waals surface area contributed by atoms with Gasteiger partial charge in [-0.05, 0) is 46.9 Å². The Morgan fingerprint density at radius 1 is 1.21 bits per heavy atom. The first kappa shape index (κ1) is 13.7. The molecule has 0 fully saturated rings. The van der Waals surface area contributed by atoms with Crippen LogP contribution in [0.25, 0.3) is 0 Å². The van der Waals surface area contributed by atoms with Gasteiger partial charge in [-0.2, -0.15) is 11.3 Å². The molecule has 0 aliphatic rings. The Bertz CT molecular complexity index is 525. The molecule has 1 N–H and O–H groups in total. The van der Waals surface area contributed by atoms with E-state index in [0.717, 1.165) is 6.42 Å². The van der Waals surface area contributed by atoms with Gasteiger partial charge < -0.3 is 5.32 Å². The Labute approximate surface area is 116 Å². The van der Waals surface area contributed by atoms with Crippen molar-refractivity contribution in [3.8, 4) is 0 Å². The van der Waals surface area contributed by atoms with Gasteiger partial charge in [0.1, 0.15) is 5.82 Å². The summed E-state index contributed by atoms with van der Waals surface area (Å²) in [4.78, 5) is 11.6. The average Bonchev–Trinajstić information content (AvgIpc) is 2.92. The first-order valence-electron chi connectivity index (χ1n) is 6.27. The van der Waals surface area contributed by atoms with E-state index in [4.69, 9.17) is 0 Å². The molecule has 0 saturated heterocycles. The smallest absolute Gasteiger partial charge is 0.220 e. The van der Waals surface area contributed by atoms with Crippen LogP contribution in [0.5, 0.6) is 0 Å². The van der Waals surface area contributed by atoms with Crippen molar-refractivity contribution in [2.75, 3.05) is 6.54 Å². The highest BCUT2D eigenvalue weighted by Gasteiger charge is 2.04. The van der Waals surface area contributed by atoms with Crippen LogP contribution in [0.2, 0.25) is 0 Å². The molecule has 1 heterocycles. The minimum atomic E-state index is -0.213. The van der Waals surface area contributed by atoms with Gasteiger partial charge in [0.2, 0.25) is 5.91 Å². The van der Waals surface area contributed by atoms with Crippen molar-refractivity contribution in [3.63, 3.8) is 0 Å². The molecule has 1 amide bonds. The molecule has 0 saturated carbocycles. The van der Waals surface area contributed by atoms with Crippen LogP contribution in [0.1, 0.15) is 17.5 Å².